The first-order valence-corrected chi connectivity index (χ1v) is 10.9. The number of aryl methyl sites for hydroxylation is 1. The molecule has 0 spiro atoms. The van der Waals surface area contributed by atoms with E-state index in [1.165, 1.54) is 21.2 Å². The lowest BCUT2D eigenvalue weighted by Crippen LogP contribution is -2.41. The Kier molecular flexibility index (Phi) is 7.94. The molecule has 0 saturated carbocycles. The standard InChI is InChI=1S/C19H25BrN4O3S/c1-4-6-9-24-17(21)16(18(26)22-19(24)27)23(5-2)15(25)11-28-14-8-7-13(20)10-12(14)3/h7-8,10H,4-6,9,11,21H2,1-3H3,(H,22,26,27). The van der Waals surface area contributed by atoms with Crippen molar-refractivity contribution in [1.82, 2.24) is 9.55 Å². The first kappa shape index (κ1) is 22.3. The Labute approximate surface area is 176 Å². The van der Waals surface area contributed by atoms with Gasteiger partial charge in [-0.2, -0.15) is 0 Å². The van der Waals surface area contributed by atoms with Crippen molar-refractivity contribution in [1.29, 1.82) is 0 Å². The Morgan fingerprint density at radius 2 is 2.04 bits per heavy atom. The summed E-state index contributed by atoms with van der Waals surface area (Å²) >= 11 is 4.82. The highest BCUT2D eigenvalue weighted by Crippen LogP contribution is 2.26. The van der Waals surface area contributed by atoms with Crippen molar-refractivity contribution in [2.24, 2.45) is 0 Å². The molecule has 2 rings (SSSR count). The molecule has 0 saturated heterocycles. The summed E-state index contributed by atoms with van der Waals surface area (Å²) in [6, 6.07) is 5.85. The van der Waals surface area contributed by atoms with E-state index in [1.807, 2.05) is 32.0 Å². The normalized spacial score (nSPS) is 10.9. The maximum absolute atomic E-state index is 12.8. The number of nitrogens with zero attached hydrogens (tertiary/aromatic N) is 2. The van der Waals surface area contributed by atoms with Gasteiger partial charge in [0.05, 0.1) is 5.75 Å². The van der Waals surface area contributed by atoms with Crippen LogP contribution in [0.4, 0.5) is 11.5 Å². The molecule has 0 atom stereocenters. The largest absolute Gasteiger partial charge is 0.383 e. The van der Waals surface area contributed by atoms with Gasteiger partial charge in [0.2, 0.25) is 5.91 Å². The lowest BCUT2D eigenvalue weighted by atomic mass is 10.2. The summed E-state index contributed by atoms with van der Waals surface area (Å²) in [6.07, 6.45) is 1.62. The van der Waals surface area contributed by atoms with Crippen molar-refractivity contribution in [3.05, 3.63) is 49.1 Å². The van der Waals surface area contributed by atoms with Gasteiger partial charge in [-0.15, -0.1) is 11.8 Å². The van der Waals surface area contributed by atoms with Gasteiger partial charge in [0.1, 0.15) is 5.82 Å². The molecule has 7 nitrogen and oxygen atoms in total. The van der Waals surface area contributed by atoms with Crippen molar-refractivity contribution in [2.75, 3.05) is 22.9 Å². The van der Waals surface area contributed by atoms with E-state index in [9.17, 15) is 14.4 Å². The van der Waals surface area contributed by atoms with E-state index in [-0.39, 0.29) is 29.7 Å². The number of nitrogens with two attached hydrogens (primary N) is 1. The molecular formula is C19H25BrN4O3S. The van der Waals surface area contributed by atoms with Crippen LogP contribution in [-0.2, 0) is 11.3 Å². The zero-order valence-corrected chi connectivity index (χ0v) is 18.7. The van der Waals surface area contributed by atoms with Gasteiger partial charge in [-0.25, -0.2) is 4.79 Å². The molecule has 28 heavy (non-hydrogen) atoms. The van der Waals surface area contributed by atoms with Crippen molar-refractivity contribution in [2.45, 2.75) is 45.1 Å². The molecule has 2 aromatic rings. The number of nitrogen functional groups attached to an aromatic ring is 1. The molecule has 0 aliphatic carbocycles. The summed E-state index contributed by atoms with van der Waals surface area (Å²) in [5.74, 6) is -0.0570. The molecule has 1 heterocycles. The first-order valence-electron chi connectivity index (χ1n) is 9.12. The topological polar surface area (TPSA) is 101 Å². The summed E-state index contributed by atoms with van der Waals surface area (Å²) in [7, 11) is 0. The van der Waals surface area contributed by atoms with Gasteiger partial charge in [-0.3, -0.25) is 19.1 Å². The van der Waals surface area contributed by atoms with Crippen LogP contribution in [0.1, 0.15) is 32.3 Å². The lowest BCUT2D eigenvalue weighted by Gasteiger charge is -2.23. The van der Waals surface area contributed by atoms with Crippen LogP contribution in [0, 0.1) is 6.92 Å². The summed E-state index contributed by atoms with van der Waals surface area (Å²) < 4.78 is 2.30. The minimum atomic E-state index is -0.643. The predicted molar refractivity (Wildman–Crippen MR) is 118 cm³/mol. The summed E-state index contributed by atoms with van der Waals surface area (Å²) in [4.78, 5) is 41.9. The van der Waals surface area contributed by atoms with Crippen LogP contribution < -0.4 is 21.9 Å². The zero-order valence-electron chi connectivity index (χ0n) is 16.3. The number of hydrogen-bond acceptors (Lipinski definition) is 5. The highest BCUT2D eigenvalue weighted by Gasteiger charge is 2.23. The molecule has 0 aliphatic heterocycles. The fourth-order valence-electron chi connectivity index (χ4n) is 2.83. The van der Waals surface area contributed by atoms with Crippen molar-refractivity contribution >= 4 is 45.1 Å². The third kappa shape index (κ3) is 5.08. The quantitative estimate of drug-likeness (QED) is 0.579. The smallest absolute Gasteiger partial charge is 0.330 e. The maximum Gasteiger partial charge on any atom is 0.330 e. The molecule has 0 fully saturated rings. The molecular weight excluding hydrogens is 444 g/mol. The van der Waals surface area contributed by atoms with Crippen LogP contribution in [-0.4, -0.2) is 27.8 Å². The first-order chi connectivity index (χ1) is 13.3. The summed E-state index contributed by atoms with van der Waals surface area (Å²) in [5, 5.41) is 0. The van der Waals surface area contributed by atoms with Gasteiger partial charge in [-0.05, 0) is 44.0 Å². The Bertz CT molecular complexity index is 971. The molecule has 3 N–H and O–H groups in total. The second-order valence-electron chi connectivity index (χ2n) is 6.33. The molecule has 1 amide bonds. The van der Waals surface area contributed by atoms with E-state index in [0.29, 0.717) is 6.54 Å². The second kappa shape index (κ2) is 9.97. The Morgan fingerprint density at radius 3 is 2.64 bits per heavy atom. The molecule has 0 aliphatic rings. The fraction of sp³-hybridized carbons (Fsp3) is 0.421. The fourth-order valence-corrected chi connectivity index (χ4v) is 4.19. The molecule has 152 valence electrons. The molecule has 9 heteroatoms. The van der Waals surface area contributed by atoms with Crippen molar-refractivity contribution in [3.63, 3.8) is 0 Å². The van der Waals surface area contributed by atoms with Gasteiger partial charge in [0.15, 0.2) is 5.69 Å². The van der Waals surface area contributed by atoms with Crippen LogP contribution in [0.5, 0.6) is 0 Å². The Morgan fingerprint density at radius 1 is 1.32 bits per heavy atom. The number of halogens is 1. The minimum absolute atomic E-state index is 0.0298. The van der Waals surface area contributed by atoms with Crippen LogP contribution in [0.3, 0.4) is 0 Å². The third-order valence-corrected chi connectivity index (χ3v) is 5.98. The van der Waals surface area contributed by atoms with E-state index in [2.05, 4.69) is 20.9 Å². The van der Waals surface area contributed by atoms with Crippen LogP contribution in [0.15, 0.2) is 37.2 Å². The van der Waals surface area contributed by atoms with Gasteiger partial charge in [0.25, 0.3) is 5.56 Å². The number of aromatic amines is 1. The van der Waals surface area contributed by atoms with Crippen LogP contribution >= 0.6 is 27.7 Å². The lowest BCUT2D eigenvalue weighted by molar-refractivity contribution is -0.116. The number of anilines is 2. The highest BCUT2D eigenvalue weighted by atomic mass is 79.9. The van der Waals surface area contributed by atoms with Gasteiger partial charge < -0.3 is 10.6 Å². The highest BCUT2D eigenvalue weighted by molar-refractivity contribution is 9.10. The number of benzene rings is 1. The molecule has 1 aromatic carbocycles. The number of rotatable bonds is 8. The second-order valence-corrected chi connectivity index (χ2v) is 8.27. The van der Waals surface area contributed by atoms with E-state index in [0.717, 1.165) is 27.8 Å². The number of hydrogen-bond donors (Lipinski definition) is 2. The number of aromatic nitrogens is 2. The third-order valence-electron chi connectivity index (χ3n) is 4.32. The van der Waals surface area contributed by atoms with Crippen molar-refractivity contribution < 1.29 is 4.79 Å². The minimum Gasteiger partial charge on any atom is -0.383 e. The van der Waals surface area contributed by atoms with Crippen LogP contribution in [0.25, 0.3) is 0 Å². The number of thioether (sulfide) groups is 1. The van der Waals surface area contributed by atoms with E-state index in [4.69, 9.17) is 5.73 Å². The monoisotopic (exact) mass is 468 g/mol. The maximum atomic E-state index is 12.8. The number of nitrogens with one attached hydrogen (secondary N) is 1. The molecule has 0 radical (unpaired) electrons. The SMILES string of the molecule is CCCCn1c(N)c(N(CC)C(=O)CSc2ccc(Br)cc2C)c(=O)[nH]c1=O. The number of H-pyrrole nitrogens is 1. The molecule has 0 bridgehead atoms. The Balaban J connectivity index is 2.29. The van der Waals surface area contributed by atoms with Gasteiger partial charge in [-0.1, -0.05) is 29.3 Å². The van der Waals surface area contributed by atoms with E-state index in [1.54, 1.807) is 6.92 Å². The van der Waals surface area contributed by atoms with E-state index >= 15 is 0 Å². The summed E-state index contributed by atoms with van der Waals surface area (Å²) in [5.41, 5.74) is 6.02. The number of amides is 1. The molecule has 1 aromatic heterocycles. The Hall–Kier alpha value is -2.00. The van der Waals surface area contributed by atoms with Crippen molar-refractivity contribution in [3.8, 4) is 0 Å². The summed E-state index contributed by atoms with van der Waals surface area (Å²) in [6.45, 7) is 6.41. The van der Waals surface area contributed by atoms with Gasteiger partial charge in [0, 0.05) is 22.5 Å². The number of unbranched alkanes of at least 4 members (excludes halogenated alkanes) is 1. The van der Waals surface area contributed by atoms with E-state index < -0.39 is 11.2 Å². The number of carbonyl (C=O) groups excluding carboxylic acids is 1. The number of carbonyl (C=O) groups is 1. The molecule has 0 unspecified atom stereocenters. The van der Waals surface area contributed by atoms with Crippen LogP contribution in [0.2, 0.25) is 0 Å². The zero-order chi connectivity index (χ0) is 20.8. The van der Waals surface area contributed by atoms with Gasteiger partial charge >= 0.3 is 5.69 Å². The average Bonchev–Trinajstić information content (AvgIpc) is 2.64. The predicted octanol–water partition coefficient (Wildman–Crippen LogP) is 3.14. The average molecular weight is 469 g/mol.